The van der Waals surface area contributed by atoms with Crippen molar-refractivity contribution < 1.29 is 9.00 Å². The van der Waals surface area contributed by atoms with Gasteiger partial charge >= 0.3 is 6.03 Å². The van der Waals surface area contributed by atoms with Gasteiger partial charge in [0.15, 0.2) is 14.9 Å². The van der Waals surface area contributed by atoms with Crippen LogP contribution in [0.5, 0.6) is 0 Å². The molecule has 8 nitrogen and oxygen atoms in total. The van der Waals surface area contributed by atoms with Gasteiger partial charge in [-0.2, -0.15) is 5.10 Å². The summed E-state index contributed by atoms with van der Waals surface area (Å²) in [5.74, 6) is 0. The molecule has 0 bridgehead atoms. The molecule has 4 aliphatic carbocycles. The lowest BCUT2D eigenvalue weighted by molar-refractivity contribution is 0.260. The van der Waals surface area contributed by atoms with Gasteiger partial charge in [0.1, 0.15) is 0 Å². The van der Waals surface area contributed by atoms with Crippen LogP contribution in [-0.4, -0.2) is 25.0 Å². The van der Waals surface area contributed by atoms with Gasteiger partial charge in [-0.25, -0.2) is 14.1 Å². The van der Waals surface area contributed by atoms with E-state index in [1.165, 1.54) is 18.5 Å². The Kier molecular flexibility index (Phi) is 3.57. The first-order valence-corrected chi connectivity index (χ1v) is 12.0. The van der Waals surface area contributed by atoms with Gasteiger partial charge in [-0.15, -0.1) is 4.36 Å². The van der Waals surface area contributed by atoms with Crippen LogP contribution in [0.4, 0.5) is 10.5 Å². The highest BCUT2D eigenvalue weighted by Crippen LogP contribution is 2.58. The minimum absolute atomic E-state index is 0.154. The molecule has 0 radical (unpaired) electrons. The summed E-state index contributed by atoms with van der Waals surface area (Å²) in [5, 5.41) is 13.3. The van der Waals surface area contributed by atoms with Gasteiger partial charge in [0.05, 0.1) is 17.4 Å². The van der Waals surface area contributed by atoms with E-state index in [0.29, 0.717) is 6.04 Å². The van der Waals surface area contributed by atoms with Crippen molar-refractivity contribution in [3.63, 3.8) is 0 Å². The topological polar surface area (TPSA) is 115 Å². The maximum Gasteiger partial charge on any atom is 0.354 e. The van der Waals surface area contributed by atoms with Crippen molar-refractivity contribution in [2.75, 3.05) is 5.32 Å². The number of nitrogens with two attached hydrogens (primary N) is 1. The first kappa shape index (κ1) is 17.6. The molecule has 1 unspecified atom stereocenters. The van der Waals surface area contributed by atoms with E-state index in [-0.39, 0.29) is 10.4 Å². The number of aromatic nitrogens is 3. The van der Waals surface area contributed by atoms with Crippen LogP contribution in [0.25, 0.3) is 0 Å². The number of carbonyl (C=O) groups is 1. The summed E-state index contributed by atoms with van der Waals surface area (Å²) in [6, 6.07) is 1.28. The molecule has 9 heteroatoms. The van der Waals surface area contributed by atoms with Crippen molar-refractivity contribution in [1.29, 1.82) is 0 Å². The van der Waals surface area contributed by atoms with Gasteiger partial charge < -0.3 is 5.32 Å². The van der Waals surface area contributed by atoms with E-state index in [9.17, 15) is 9.00 Å². The maximum atomic E-state index is 12.9. The van der Waals surface area contributed by atoms with Gasteiger partial charge in [-0.05, 0) is 75.0 Å². The van der Waals surface area contributed by atoms with E-state index < -0.39 is 15.9 Å². The number of anilines is 1. The fourth-order valence-corrected chi connectivity index (χ4v) is 5.75. The standard InChI is InChI=1S/C20H24N6O2S/c21-29(28,16-7-11-26(24-16)12-4-5-12)25-19(27)23-17-13-2-1-3-15(13)22-18-14(17)6-8-20(18)9-10-20/h7,11-12H,1-6,8-10H2,(H3,21,22,23,25,27,28). The van der Waals surface area contributed by atoms with E-state index in [2.05, 4.69) is 14.8 Å². The van der Waals surface area contributed by atoms with Crippen LogP contribution in [0, 0.1) is 0 Å². The summed E-state index contributed by atoms with van der Waals surface area (Å²) in [4.78, 5) is 17.7. The third-order valence-electron chi connectivity index (χ3n) is 6.79. The van der Waals surface area contributed by atoms with Gasteiger partial charge in [0.25, 0.3) is 0 Å². The summed E-state index contributed by atoms with van der Waals surface area (Å²) in [6.45, 7) is 0. The summed E-state index contributed by atoms with van der Waals surface area (Å²) in [6.07, 6.45) is 11.2. The van der Waals surface area contributed by atoms with Crippen molar-refractivity contribution >= 4 is 21.6 Å². The highest BCUT2D eigenvalue weighted by atomic mass is 32.2. The Bertz CT molecular complexity index is 1170. The number of carbonyl (C=O) groups excluding carboxylic acids is 1. The van der Waals surface area contributed by atoms with Crippen LogP contribution in [0.15, 0.2) is 21.7 Å². The van der Waals surface area contributed by atoms with E-state index in [0.717, 1.165) is 67.5 Å². The van der Waals surface area contributed by atoms with Crippen LogP contribution in [-0.2, 0) is 34.6 Å². The molecule has 2 amide bonds. The molecule has 0 aromatic carbocycles. The molecule has 0 saturated heterocycles. The number of nitrogens with one attached hydrogen (secondary N) is 1. The van der Waals surface area contributed by atoms with Crippen molar-refractivity contribution in [3.05, 3.63) is 34.8 Å². The number of fused-ring (bicyclic) bond motifs is 3. The molecule has 2 fully saturated rings. The predicted molar refractivity (Wildman–Crippen MR) is 108 cm³/mol. The minimum atomic E-state index is -3.39. The molecule has 3 N–H and O–H groups in total. The Labute approximate surface area is 169 Å². The van der Waals surface area contributed by atoms with Crippen molar-refractivity contribution in [2.45, 2.75) is 74.3 Å². The van der Waals surface area contributed by atoms with Gasteiger partial charge in [-0.1, -0.05) is 0 Å². The molecule has 2 saturated carbocycles. The molecular weight excluding hydrogens is 388 g/mol. The van der Waals surface area contributed by atoms with Crippen LogP contribution in [0.1, 0.15) is 67.1 Å². The zero-order chi connectivity index (χ0) is 19.8. The van der Waals surface area contributed by atoms with Crippen LogP contribution in [0.3, 0.4) is 0 Å². The fraction of sp³-hybridized carbons (Fsp3) is 0.550. The molecule has 4 aliphatic rings. The molecule has 1 spiro atoms. The Morgan fingerprint density at radius 2 is 2.07 bits per heavy atom. The quantitative estimate of drug-likeness (QED) is 0.806. The normalized spacial score (nSPS) is 22.8. The first-order chi connectivity index (χ1) is 14.0. The number of amides is 2. The van der Waals surface area contributed by atoms with Crippen LogP contribution in [0.2, 0.25) is 0 Å². The summed E-state index contributed by atoms with van der Waals surface area (Å²) in [5.41, 5.74) is 5.62. The number of rotatable bonds is 3. The average Bonchev–Trinajstić information content (AvgIpc) is 3.51. The molecule has 0 aliphatic heterocycles. The molecule has 2 aromatic rings. The molecule has 2 heterocycles. The predicted octanol–water partition coefficient (Wildman–Crippen LogP) is 3.01. The number of nitrogens with zero attached hydrogens (tertiary/aromatic N) is 4. The maximum absolute atomic E-state index is 12.9. The minimum Gasteiger partial charge on any atom is -0.305 e. The van der Waals surface area contributed by atoms with Gasteiger partial charge in [0.2, 0.25) is 0 Å². The lowest BCUT2D eigenvalue weighted by atomic mass is 10.0. The molecule has 152 valence electrons. The number of hydrogen-bond donors (Lipinski definition) is 2. The largest absolute Gasteiger partial charge is 0.354 e. The second kappa shape index (κ2) is 5.89. The summed E-state index contributed by atoms with van der Waals surface area (Å²) < 4.78 is 18.5. The SMILES string of the molecule is NS(=O)(=NC(=O)Nc1c2c(nc3c1CCC31CC1)CCC2)c1ccn(C2CC2)n1. The Morgan fingerprint density at radius 1 is 1.24 bits per heavy atom. The highest BCUT2D eigenvalue weighted by Gasteiger charge is 2.51. The zero-order valence-electron chi connectivity index (χ0n) is 16.2. The third-order valence-corrected chi connectivity index (χ3v) is 8.04. The van der Waals surface area contributed by atoms with Gasteiger partial charge in [-0.3, -0.25) is 9.67 Å². The van der Waals surface area contributed by atoms with E-state index in [4.69, 9.17) is 10.1 Å². The molecule has 6 rings (SSSR count). The monoisotopic (exact) mass is 412 g/mol. The van der Waals surface area contributed by atoms with Crippen LogP contribution >= 0.6 is 0 Å². The summed E-state index contributed by atoms with van der Waals surface area (Å²) in [7, 11) is -3.39. The molecule has 1 atom stereocenters. The second-order valence-corrected chi connectivity index (χ2v) is 10.6. The summed E-state index contributed by atoms with van der Waals surface area (Å²) >= 11 is 0. The van der Waals surface area contributed by atoms with E-state index >= 15 is 0 Å². The lowest BCUT2D eigenvalue weighted by Crippen LogP contribution is -2.20. The number of urea groups is 1. The molecule has 29 heavy (non-hydrogen) atoms. The Hall–Kier alpha value is -2.26. The Balaban J connectivity index is 1.34. The lowest BCUT2D eigenvalue weighted by Gasteiger charge is -2.16. The number of pyridine rings is 1. The molecule has 2 aromatic heterocycles. The van der Waals surface area contributed by atoms with Crippen LogP contribution < -0.4 is 10.5 Å². The second-order valence-electron chi connectivity index (χ2n) is 8.83. The molecular formula is C20H24N6O2S. The Morgan fingerprint density at radius 3 is 2.83 bits per heavy atom. The zero-order valence-corrected chi connectivity index (χ0v) is 17.0. The number of aryl methyl sites for hydroxylation is 1. The van der Waals surface area contributed by atoms with Crippen molar-refractivity contribution in [1.82, 2.24) is 14.8 Å². The van der Waals surface area contributed by atoms with Gasteiger partial charge in [0, 0.05) is 17.3 Å². The van der Waals surface area contributed by atoms with Crippen molar-refractivity contribution in [2.24, 2.45) is 9.50 Å². The first-order valence-electron chi connectivity index (χ1n) is 10.4. The number of hydrogen-bond acceptors (Lipinski definition) is 4. The third kappa shape index (κ3) is 2.82. The smallest absolute Gasteiger partial charge is 0.305 e. The average molecular weight is 413 g/mol. The van der Waals surface area contributed by atoms with Crippen molar-refractivity contribution in [3.8, 4) is 0 Å². The fourth-order valence-electron chi connectivity index (χ4n) is 4.90. The highest BCUT2D eigenvalue weighted by molar-refractivity contribution is 7.91. The van der Waals surface area contributed by atoms with E-state index in [1.807, 2.05) is 0 Å². The van der Waals surface area contributed by atoms with E-state index in [1.54, 1.807) is 16.9 Å².